The average molecular weight is 293 g/mol. The van der Waals surface area contributed by atoms with Crippen molar-refractivity contribution >= 4 is 24.5 Å². The van der Waals surface area contributed by atoms with Gasteiger partial charge in [0.2, 0.25) is 5.91 Å². The van der Waals surface area contributed by atoms with Crippen LogP contribution >= 0.6 is 12.6 Å². The van der Waals surface area contributed by atoms with Gasteiger partial charge < -0.3 is 10.0 Å². The van der Waals surface area contributed by atoms with Crippen molar-refractivity contribution in [1.29, 1.82) is 0 Å². The van der Waals surface area contributed by atoms with Crippen molar-refractivity contribution in [2.45, 2.75) is 25.3 Å². The molecule has 1 aliphatic rings. The summed E-state index contributed by atoms with van der Waals surface area (Å²) in [7, 11) is 0. The molecule has 2 atom stereocenters. The summed E-state index contributed by atoms with van der Waals surface area (Å²) in [5.74, 6) is -0.834. The number of rotatable bonds is 5. The quantitative estimate of drug-likeness (QED) is 0.815. The summed E-state index contributed by atoms with van der Waals surface area (Å²) in [4.78, 5) is 25.2. The first-order valence-electron chi connectivity index (χ1n) is 6.81. The maximum Gasteiger partial charge on any atom is 0.326 e. The summed E-state index contributed by atoms with van der Waals surface area (Å²) in [6, 6.07) is 9.09. The second kappa shape index (κ2) is 6.79. The van der Waals surface area contributed by atoms with Crippen LogP contribution in [0.2, 0.25) is 0 Å². The Hall–Kier alpha value is -1.49. The lowest BCUT2D eigenvalue weighted by molar-refractivity contribution is -0.149. The molecule has 1 aromatic carbocycles. The molecule has 0 radical (unpaired) electrons. The largest absolute Gasteiger partial charge is 0.480 e. The number of benzene rings is 1. The number of hydrogen-bond acceptors (Lipinski definition) is 3. The van der Waals surface area contributed by atoms with Crippen molar-refractivity contribution in [3.05, 3.63) is 35.9 Å². The van der Waals surface area contributed by atoms with Crippen LogP contribution < -0.4 is 0 Å². The molecule has 4 nitrogen and oxygen atoms in total. The van der Waals surface area contributed by atoms with E-state index in [0.717, 1.165) is 12.0 Å². The second-order valence-electron chi connectivity index (χ2n) is 5.10. The lowest BCUT2D eigenvalue weighted by atomic mass is 9.99. The molecule has 0 aliphatic carbocycles. The fraction of sp³-hybridized carbons (Fsp3) is 0.467. The van der Waals surface area contributed by atoms with Gasteiger partial charge in [0, 0.05) is 12.3 Å². The van der Waals surface area contributed by atoms with Gasteiger partial charge in [-0.2, -0.15) is 12.6 Å². The number of hydrogen-bond donors (Lipinski definition) is 2. The predicted molar refractivity (Wildman–Crippen MR) is 79.9 cm³/mol. The zero-order valence-corrected chi connectivity index (χ0v) is 12.1. The first-order chi connectivity index (χ1) is 9.63. The third-order valence-electron chi connectivity index (χ3n) is 3.72. The van der Waals surface area contributed by atoms with E-state index in [1.807, 2.05) is 30.3 Å². The molecule has 1 fully saturated rings. The smallest absolute Gasteiger partial charge is 0.326 e. The third-order valence-corrected chi connectivity index (χ3v) is 4.16. The van der Waals surface area contributed by atoms with Crippen LogP contribution in [0.3, 0.4) is 0 Å². The minimum absolute atomic E-state index is 0.0891. The van der Waals surface area contributed by atoms with Crippen LogP contribution in [0.5, 0.6) is 0 Å². The number of carbonyl (C=O) groups is 2. The van der Waals surface area contributed by atoms with Gasteiger partial charge in [0.05, 0.1) is 5.92 Å². The van der Waals surface area contributed by atoms with Gasteiger partial charge in [-0.15, -0.1) is 0 Å². The molecule has 20 heavy (non-hydrogen) atoms. The first kappa shape index (κ1) is 14.9. The van der Waals surface area contributed by atoms with Crippen LogP contribution in [0.15, 0.2) is 30.3 Å². The van der Waals surface area contributed by atoms with Gasteiger partial charge in [-0.05, 0) is 24.8 Å². The van der Waals surface area contributed by atoms with E-state index < -0.39 is 12.0 Å². The molecular weight excluding hydrogens is 274 g/mol. The van der Waals surface area contributed by atoms with Crippen molar-refractivity contribution in [2.24, 2.45) is 5.92 Å². The van der Waals surface area contributed by atoms with Gasteiger partial charge in [0.1, 0.15) is 6.04 Å². The van der Waals surface area contributed by atoms with E-state index in [1.165, 1.54) is 4.90 Å². The number of carboxylic acids is 1. The monoisotopic (exact) mass is 293 g/mol. The highest BCUT2D eigenvalue weighted by Gasteiger charge is 2.36. The normalized spacial score (nSPS) is 19.9. The van der Waals surface area contributed by atoms with Crippen LogP contribution in [0.25, 0.3) is 0 Å². The molecule has 108 valence electrons. The highest BCUT2D eigenvalue weighted by molar-refractivity contribution is 7.80. The summed E-state index contributed by atoms with van der Waals surface area (Å²) in [5, 5.41) is 9.16. The zero-order valence-electron chi connectivity index (χ0n) is 11.2. The molecule has 1 saturated heterocycles. The summed E-state index contributed by atoms with van der Waals surface area (Å²) in [6.45, 7) is 0.537. The zero-order chi connectivity index (χ0) is 14.5. The first-order valence-corrected chi connectivity index (χ1v) is 7.44. The van der Waals surface area contributed by atoms with Gasteiger partial charge in [-0.25, -0.2) is 4.79 Å². The summed E-state index contributed by atoms with van der Waals surface area (Å²) in [5.41, 5.74) is 1.07. The number of carbonyl (C=O) groups excluding carboxylic acids is 1. The predicted octanol–water partition coefficient (Wildman–Crippen LogP) is 1.85. The Bertz CT molecular complexity index is 477. The van der Waals surface area contributed by atoms with Gasteiger partial charge >= 0.3 is 5.97 Å². The molecule has 1 aliphatic heterocycles. The van der Waals surface area contributed by atoms with Crippen molar-refractivity contribution < 1.29 is 14.7 Å². The number of likely N-dealkylation sites (tertiary alicyclic amines) is 1. The van der Waals surface area contributed by atoms with Gasteiger partial charge in [0.15, 0.2) is 0 Å². The Morgan fingerprint density at radius 3 is 2.65 bits per heavy atom. The van der Waals surface area contributed by atoms with Crippen LogP contribution in [0.4, 0.5) is 0 Å². The molecule has 0 aromatic heterocycles. The fourth-order valence-corrected chi connectivity index (χ4v) is 2.94. The maximum absolute atomic E-state index is 12.5. The highest BCUT2D eigenvalue weighted by Crippen LogP contribution is 2.22. The molecule has 1 aromatic rings. The van der Waals surface area contributed by atoms with Gasteiger partial charge in [-0.3, -0.25) is 4.79 Å². The highest BCUT2D eigenvalue weighted by atomic mass is 32.1. The Morgan fingerprint density at radius 2 is 2.05 bits per heavy atom. The molecule has 1 unspecified atom stereocenters. The second-order valence-corrected chi connectivity index (χ2v) is 5.46. The molecule has 0 bridgehead atoms. The topological polar surface area (TPSA) is 57.6 Å². The maximum atomic E-state index is 12.5. The van der Waals surface area contributed by atoms with Crippen LogP contribution in [0.1, 0.15) is 18.4 Å². The van der Waals surface area contributed by atoms with Crippen molar-refractivity contribution in [3.8, 4) is 0 Å². The van der Waals surface area contributed by atoms with Crippen molar-refractivity contribution in [1.82, 2.24) is 4.90 Å². The Morgan fingerprint density at radius 1 is 1.35 bits per heavy atom. The van der Waals surface area contributed by atoms with E-state index in [-0.39, 0.29) is 11.8 Å². The lowest BCUT2D eigenvalue weighted by Crippen LogP contribution is -2.44. The van der Waals surface area contributed by atoms with Crippen LogP contribution in [-0.4, -0.2) is 40.2 Å². The summed E-state index contributed by atoms with van der Waals surface area (Å²) < 4.78 is 0. The van der Waals surface area contributed by atoms with Crippen molar-refractivity contribution in [2.75, 3.05) is 12.3 Å². The Kier molecular flexibility index (Phi) is 5.06. The minimum Gasteiger partial charge on any atom is -0.480 e. The minimum atomic E-state index is -0.909. The fourth-order valence-electron chi connectivity index (χ4n) is 2.65. The summed E-state index contributed by atoms with van der Waals surface area (Å²) in [6.07, 6.45) is 1.91. The SMILES string of the molecule is O=C(O)[C@@H]1CCCN1C(=O)C(CS)Cc1ccccc1. The van der Waals surface area contributed by atoms with E-state index in [2.05, 4.69) is 12.6 Å². The van der Waals surface area contributed by atoms with E-state index in [0.29, 0.717) is 25.1 Å². The molecule has 1 heterocycles. The van der Waals surface area contributed by atoms with E-state index in [1.54, 1.807) is 0 Å². The molecule has 0 saturated carbocycles. The van der Waals surface area contributed by atoms with Crippen LogP contribution in [-0.2, 0) is 16.0 Å². The number of nitrogens with zero attached hydrogens (tertiary/aromatic N) is 1. The third kappa shape index (κ3) is 3.33. The number of thiol groups is 1. The van der Waals surface area contributed by atoms with E-state index in [4.69, 9.17) is 5.11 Å². The lowest BCUT2D eigenvalue weighted by Gasteiger charge is -2.26. The molecule has 1 amide bonds. The van der Waals surface area contributed by atoms with Crippen molar-refractivity contribution in [3.63, 3.8) is 0 Å². The van der Waals surface area contributed by atoms with E-state index in [9.17, 15) is 9.59 Å². The Balaban J connectivity index is 2.07. The molecule has 5 heteroatoms. The molecule has 2 rings (SSSR count). The van der Waals surface area contributed by atoms with Gasteiger partial charge in [-0.1, -0.05) is 30.3 Å². The Labute approximate surface area is 124 Å². The van der Waals surface area contributed by atoms with Gasteiger partial charge in [0.25, 0.3) is 0 Å². The van der Waals surface area contributed by atoms with E-state index >= 15 is 0 Å². The molecular formula is C15H19NO3S. The summed E-state index contributed by atoms with van der Waals surface area (Å²) >= 11 is 4.26. The number of carboxylic acid groups (broad SMARTS) is 1. The molecule has 0 spiro atoms. The number of aliphatic carboxylic acids is 1. The average Bonchev–Trinajstić information content (AvgIpc) is 2.94. The molecule has 1 N–H and O–H groups in total. The standard InChI is InChI=1S/C15H19NO3S/c17-14(16-8-4-7-13(16)15(18)19)12(10-20)9-11-5-2-1-3-6-11/h1-3,5-6,12-13,20H,4,7-10H2,(H,18,19)/t12?,13-/m0/s1. The number of amides is 1. The van der Waals surface area contributed by atoms with Crippen LogP contribution in [0, 0.1) is 5.92 Å².